The summed E-state index contributed by atoms with van der Waals surface area (Å²) in [4.78, 5) is 42.0. The van der Waals surface area contributed by atoms with Crippen molar-refractivity contribution in [2.45, 2.75) is 10.3 Å². The van der Waals surface area contributed by atoms with Crippen molar-refractivity contribution in [1.82, 2.24) is 15.1 Å². The SMILES string of the molecule is COc1ccccc1C(=O)N1CCN(C(=O)[C@H](NC(=O)c2cccs2)S(=O)(=O)c2ccc(F)cc2)CC1. The van der Waals surface area contributed by atoms with Gasteiger partial charge in [-0.05, 0) is 47.8 Å². The summed E-state index contributed by atoms with van der Waals surface area (Å²) in [5, 5.41) is 2.07. The van der Waals surface area contributed by atoms with Crippen LogP contribution in [0.3, 0.4) is 0 Å². The van der Waals surface area contributed by atoms with E-state index in [1.807, 2.05) is 0 Å². The van der Waals surface area contributed by atoms with Crippen molar-refractivity contribution in [3.05, 3.63) is 82.3 Å². The first-order valence-electron chi connectivity index (χ1n) is 11.3. The number of sulfone groups is 1. The van der Waals surface area contributed by atoms with Gasteiger partial charge in [-0.2, -0.15) is 0 Å². The Hall–Kier alpha value is -3.77. The number of carbonyl (C=O) groups is 3. The number of nitrogens with zero attached hydrogens (tertiary/aromatic N) is 2. The fourth-order valence-electron chi connectivity index (χ4n) is 3.92. The lowest BCUT2D eigenvalue weighted by Gasteiger charge is -2.36. The van der Waals surface area contributed by atoms with Crippen molar-refractivity contribution in [1.29, 1.82) is 0 Å². The van der Waals surface area contributed by atoms with Crippen molar-refractivity contribution < 1.29 is 31.9 Å². The Bertz CT molecular complexity index is 1390. The molecule has 3 amide bonds. The minimum Gasteiger partial charge on any atom is -0.496 e. The highest BCUT2D eigenvalue weighted by Gasteiger charge is 2.40. The highest BCUT2D eigenvalue weighted by Crippen LogP contribution is 2.22. The summed E-state index contributed by atoms with van der Waals surface area (Å²) in [6.45, 7) is 0.434. The van der Waals surface area contributed by atoms with Crippen LogP contribution in [0.4, 0.5) is 4.39 Å². The van der Waals surface area contributed by atoms with E-state index in [-0.39, 0.29) is 41.9 Å². The molecule has 3 aromatic rings. The molecule has 4 rings (SSSR count). The zero-order valence-electron chi connectivity index (χ0n) is 19.8. The van der Waals surface area contributed by atoms with E-state index in [9.17, 15) is 27.2 Å². The molecule has 0 bridgehead atoms. The fraction of sp³-hybridized carbons (Fsp3) is 0.240. The number of para-hydroxylation sites is 1. The van der Waals surface area contributed by atoms with Crippen molar-refractivity contribution in [3.63, 3.8) is 0 Å². The smallest absolute Gasteiger partial charge is 0.262 e. The van der Waals surface area contributed by atoms with Gasteiger partial charge >= 0.3 is 0 Å². The van der Waals surface area contributed by atoms with Gasteiger partial charge in [0.25, 0.3) is 17.7 Å². The van der Waals surface area contributed by atoms with Crippen molar-refractivity contribution >= 4 is 38.9 Å². The van der Waals surface area contributed by atoms with E-state index < -0.39 is 32.8 Å². The number of piperazine rings is 1. The normalized spacial score (nSPS) is 14.6. The lowest BCUT2D eigenvalue weighted by molar-refractivity contribution is -0.132. The van der Waals surface area contributed by atoms with Crippen LogP contribution >= 0.6 is 11.3 Å². The summed E-state index contributed by atoms with van der Waals surface area (Å²) in [7, 11) is -2.95. The molecule has 0 unspecified atom stereocenters. The summed E-state index contributed by atoms with van der Waals surface area (Å²) in [5.41, 5.74) is 0.379. The predicted molar refractivity (Wildman–Crippen MR) is 135 cm³/mol. The molecule has 1 saturated heterocycles. The van der Waals surface area contributed by atoms with E-state index in [1.54, 1.807) is 40.6 Å². The number of methoxy groups -OCH3 is 1. The second kappa shape index (κ2) is 11.1. The number of nitrogens with one attached hydrogen (secondary N) is 1. The Balaban J connectivity index is 1.54. The Morgan fingerprint density at radius 1 is 0.946 bits per heavy atom. The second-order valence-corrected chi connectivity index (χ2v) is 11.1. The first-order chi connectivity index (χ1) is 17.7. The lowest BCUT2D eigenvalue weighted by Crippen LogP contribution is -2.57. The molecule has 12 heteroatoms. The Labute approximate surface area is 217 Å². The van der Waals surface area contributed by atoms with Gasteiger partial charge in [-0.25, -0.2) is 12.8 Å². The van der Waals surface area contributed by atoms with E-state index in [0.717, 1.165) is 35.6 Å². The fourth-order valence-corrected chi connectivity index (χ4v) is 6.01. The third kappa shape index (κ3) is 5.65. The maximum atomic E-state index is 13.5. The van der Waals surface area contributed by atoms with Gasteiger partial charge in [0.15, 0.2) is 0 Å². The standard InChI is InChI=1S/C25H24FN3O6S2/c1-35-20-6-3-2-5-19(20)24(31)28-12-14-29(15-13-28)25(32)23(27-22(30)21-7-4-16-36-21)37(33,34)18-10-8-17(26)9-11-18/h2-11,16,23H,12-15H2,1H3,(H,27,30)/t23-/m1/s1. The molecule has 1 N–H and O–H groups in total. The van der Waals surface area contributed by atoms with E-state index in [1.165, 1.54) is 18.1 Å². The van der Waals surface area contributed by atoms with Crippen molar-refractivity contribution in [2.24, 2.45) is 0 Å². The molecule has 37 heavy (non-hydrogen) atoms. The molecular weight excluding hydrogens is 521 g/mol. The van der Waals surface area contributed by atoms with Gasteiger partial charge in [0.1, 0.15) is 11.6 Å². The molecule has 0 aliphatic carbocycles. The number of halogens is 1. The van der Waals surface area contributed by atoms with Gasteiger partial charge in [0.05, 0.1) is 22.4 Å². The van der Waals surface area contributed by atoms with Gasteiger partial charge < -0.3 is 19.9 Å². The molecule has 2 heterocycles. The highest BCUT2D eigenvalue weighted by molar-refractivity contribution is 7.92. The van der Waals surface area contributed by atoms with Crippen LogP contribution < -0.4 is 10.1 Å². The number of benzene rings is 2. The molecule has 1 fully saturated rings. The summed E-state index contributed by atoms with van der Waals surface area (Å²) in [6, 6.07) is 14.0. The average molecular weight is 546 g/mol. The summed E-state index contributed by atoms with van der Waals surface area (Å²) in [5.74, 6) is -2.04. The topological polar surface area (TPSA) is 113 Å². The number of amides is 3. The van der Waals surface area contributed by atoms with Crippen LogP contribution in [0.25, 0.3) is 0 Å². The summed E-state index contributed by atoms with van der Waals surface area (Å²) in [6.07, 6.45) is 0. The average Bonchev–Trinajstić information content (AvgIpc) is 3.46. The van der Waals surface area contributed by atoms with Gasteiger partial charge in [-0.15, -0.1) is 11.3 Å². The maximum absolute atomic E-state index is 13.5. The van der Waals surface area contributed by atoms with Gasteiger partial charge in [-0.1, -0.05) is 18.2 Å². The molecular formula is C25H24FN3O6S2. The Morgan fingerprint density at radius 3 is 2.22 bits per heavy atom. The molecule has 0 spiro atoms. The third-order valence-corrected chi connectivity index (χ3v) is 8.64. The number of ether oxygens (including phenoxy) is 1. The van der Waals surface area contributed by atoms with E-state index >= 15 is 0 Å². The number of hydrogen-bond donors (Lipinski definition) is 1. The molecule has 1 aliphatic heterocycles. The Morgan fingerprint density at radius 2 is 1.59 bits per heavy atom. The molecule has 1 aromatic heterocycles. The first-order valence-corrected chi connectivity index (χ1v) is 13.7. The van der Waals surface area contributed by atoms with Crippen molar-refractivity contribution in [2.75, 3.05) is 33.3 Å². The zero-order chi connectivity index (χ0) is 26.6. The van der Waals surface area contributed by atoms with Crippen LogP contribution in [0.5, 0.6) is 5.75 Å². The third-order valence-electron chi connectivity index (χ3n) is 5.90. The largest absolute Gasteiger partial charge is 0.496 e. The first kappa shape index (κ1) is 26.3. The summed E-state index contributed by atoms with van der Waals surface area (Å²) < 4.78 is 45.5. The number of rotatable bonds is 7. The monoisotopic (exact) mass is 545 g/mol. The number of hydrogen-bond acceptors (Lipinski definition) is 7. The van der Waals surface area contributed by atoms with Gasteiger partial charge in [0, 0.05) is 26.2 Å². The Kier molecular flexibility index (Phi) is 7.89. The van der Waals surface area contributed by atoms with Crippen LogP contribution in [0.1, 0.15) is 20.0 Å². The van der Waals surface area contributed by atoms with Gasteiger partial charge in [0.2, 0.25) is 15.2 Å². The minimum atomic E-state index is -4.42. The predicted octanol–water partition coefficient (Wildman–Crippen LogP) is 2.41. The van der Waals surface area contributed by atoms with Crippen LogP contribution in [0, 0.1) is 5.82 Å². The molecule has 194 valence electrons. The lowest BCUT2D eigenvalue weighted by atomic mass is 10.1. The van der Waals surface area contributed by atoms with E-state index in [4.69, 9.17) is 4.74 Å². The van der Waals surface area contributed by atoms with Gasteiger partial charge in [-0.3, -0.25) is 14.4 Å². The molecule has 9 nitrogen and oxygen atoms in total. The van der Waals surface area contributed by atoms with Crippen LogP contribution in [-0.2, 0) is 14.6 Å². The van der Waals surface area contributed by atoms with Crippen LogP contribution in [0.2, 0.25) is 0 Å². The quantitative estimate of drug-likeness (QED) is 0.457. The number of thiophene rings is 1. The summed E-state index contributed by atoms with van der Waals surface area (Å²) >= 11 is 1.10. The van der Waals surface area contributed by atoms with Crippen molar-refractivity contribution in [3.8, 4) is 5.75 Å². The van der Waals surface area contributed by atoms with E-state index in [0.29, 0.717) is 11.3 Å². The molecule has 1 aliphatic rings. The molecule has 1 atom stereocenters. The second-order valence-electron chi connectivity index (χ2n) is 8.15. The molecule has 0 saturated carbocycles. The highest BCUT2D eigenvalue weighted by atomic mass is 32.2. The minimum absolute atomic E-state index is 0.0596. The maximum Gasteiger partial charge on any atom is 0.262 e. The van der Waals surface area contributed by atoms with Crippen LogP contribution in [-0.4, -0.2) is 74.6 Å². The zero-order valence-corrected chi connectivity index (χ0v) is 21.4. The van der Waals surface area contributed by atoms with E-state index in [2.05, 4.69) is 5.32 Å². The van der Waals surface area contributed by atoms with Crippen LogP contribution in [0.15, 0.2) is 70.9 Å². The number of carbonyl (C=O) groups excluding carboxylic acids is 3. The molecule has 2 aromatic carbocycles. The molecule has 0 radical (unpaired) electrons.